The van der Waals surface area contributed by atoms with Gasteiger partial charge in [0.25, 0.3) is 0 Å². The molecule has 1 fully saturated rings. The fourth-order valence-electron chi connectivity index (χ4n) is 2.35. The van der Waals surface area contributed by atoms with E-state index in [2.05, 4.69) is 37.4 Å². The van der Waals surface area contributed by atoms with Crippen molar-refractivity contribution in [2.24, 2.45) is 0 Å². The highest BCUT2D eigenvalue weighted by Gasteiger charge is 2.15. The molecule has 0 amide bonds. The van der Waals surface area contributed by atoms with E-state index in [1.54, 1.807) is 0 Å². The van der Waals surface area contributed by atoms with E-state index in [0.717, 1.165) is 32.4 Å². The van der Waals surface area contributed by atoms with Gasteiger partial charge in [0.1, 0.15) is 6.79 Å². The average molecular weight is 249 g/mol. The zero-order valence-electron chi connectivity index (χ0n) is 11.4. The van der Waals surface area contributed by atoms with Crippen LogP contribution in [0.4, 0.5) is 5.69 Å². The molecule has 18 heavy (non-hydrogen) atoms. The van der Waals surface area contributed by atoms with Crippen molar-refractivity contribution in [1.82, 2.24) is 0 Å². The van der Waals surface area contributed by atoms with Crippen molar-refractivity contribution in [3.63, 3.8) is 0 Å². The van der Waals surface area contributed by atoms with Gasteiger partial charge in [0.2, 0.25) is 0 Å². The van der Waals surface area contributed by atoms with E-state index >= 15 is 0 Å². The lowest BCUT2D eigenvalue weighted by atomic mass is 10.0. The summed E-state index contributed by atoms with van der Waals surface area (Å²) >= 11 is 0. The summed E-state index contributed by atoms with van der Waals surface area (Å²) in [6.07, 6.45) is 3.37. The Bertz CT molecular complexity index is 351. The Morgan fingerprint density at radius 1 is 1.22 bits per heavy atom. The van der Waals surface area contributed by atoms with Crippen LogP contribution in [0.1, 0.15) is 31.4 Å². The molecule has 1 aromatic rings. The van der Waals surface area contributed by atoms with Gasteiger partial charge in [0, 0.05) is 12.2 Å². The summed E-state index contributed by atoms with van der Waals surface area (Å²) in [4.78, 5) is 0. The van der Waals surface area contributed by atoms with E-state index in [9.17, 15) is 0 Å². The van der Waals surface area contributed by atoms with E-state index < -0.39 is 0 Å². The zero-order valence-corrected chi connectivity index (χ0v) is 11.4. The number of ether oxygens (including phenoxy) is 2. The molecule has 0 aliphatic carbocycles. The normalized spacial score (nSPS) is 19.8. The molecular weight excluding hydrogens is 226 g/mol. The highest BCUT2D eigenvalue weighted by atomic mass is 16.7. The molecule has 0 radical (unpaired) electrons. The van der Waals surface area contributed by atoms with Crippen molar-refractivity contribution >= 4 is 5.69 Å². The molecule has 1 aliphatic heterocycles. The second-order valence-electron chi connectivity index (χ2n) is 4.64. The lowest BCUT2D eigenvalue weighted by Gasteiger charge is -2.24. The molecule has 0 aromatic heterocycles. The van der Waals surface area contributed by atoms with Crippen LogP contribution in [0.3, 0.4) is 0 Å². The number of benzene rings is 1. The molecule has 0 bridgehead atoms. The van der Waals surface area contributed by atoms with Gasteiger partial charge in [0.15, 0.2) is 0 Å². The number of para-hydroxylation sites is 1. The van der Waals surface area contributed by atoms with Gasteiger partial charge in [-0.25, -0.2) is 0 Å². The van der Waals surface area contributed by atoms with Gasteiger partial charge in [-0.1, -0.05) is 32.0 Å². The van der Waals surface area contributed by atoms with Gasteiger partial charge in [0.05, 0.1) is 12.7 Å². The predicted molar refractivity (Wildman–Crippen MR) is 74.0 cm³/mol. The summed E-state index contributed by atoms with van der Waals surface area (Å²) in [5, 5.41) is 3.57. The molecule has 0 spiro atoms. The lowest BCUT2D eigenvalue weighted by Crippen LogP contribution is -2.30. The number of aryl methyl sites for hydroxylation is 2. The van der Waals surface area contributed by atoms with Crippen LogP contribution >= 0.6 is 0 Å². The quantitative estimate of drug-likeness (QED) is 0.870. The topological polar surface area (TPSA) is 30.5 Å². The summed E-state index contributed by atoms with van der Waals surface area (Å²) in [5.74, 6) is 0. The van der Waals surface area contributed by atoms with Gasteiger partial charge >= 0.3 is 0 Å². The van der Waals surface area contributed by atoms with Crippen LogP contribution in [-0.4, -0.2) is 26.0 Å². The van der Waals surface area contributed by atoms with Crippen molar-refractivity contribution in [1.29, 1.82) is 0 Å². The Hall–Kier alpha value is -1.06. The Morgan fingerprint density at radius 2 is 1.94 bits per heavy atom. The van der Waals surface area contributed by atoms with Crippen molar-refractivity contribution in [3.8, 4) is 0 Å². The average Bonchev–Trinajstić information content (AvgIpc) is 2.45. The molecule has 1 aromatic carbocycles. The number of hydrogen-bond acceptors (Lipinski definition) is 3. The second-order valence-corrected chi connectivity index (χ2v) is 4.64. The van der Waals surface area contributed by atoms with E-state index in [1.165, 1.54) is 16.8 Å². The maximum absolute atomic E-state index is 5.56. The van der Waals surface area contributed by atoms with Crippen molar-refractivity contribution < 1.29 is 9.47 Å². The van der Waals surface area contributed by atoms with E-state index in [0.29, 0.717) is 6.79 Å². The molecular formula is C15H23NO2. The minimum Gasteiger partial charge on any atom is -0.382 e. The van der Waals surface area contributed by atoms with Crippen LogP contribution in [0.15, 0.2) is 18.2 Å². The maximum Gasteiger partial charge on any atom is 0.147 e. The van der Waals surface area contributed by atoms with Gasteiger partial charge in [-0.15, -0.1) is 0 Å². The first-order valence-electron chi connectivity index (χ1n) is 6.89. The van der Waals surface area contributed by atoms with Crippen molar-refractivity contribution in [2.45, 2.75) is 39.2 Å². The molecule has 3 nitrogen and oxygen atoms in total. The van der Waals surface area contributed by atoms with Crippen LogP contribution in [0.5, 0.6) is 0 Å². The Morgan fingerprint density at radius 3 is 2.50 bits per heavy atom. The van der Waals surface area contributed by atoms with E-state index in [1.807, 2.05) is 0 Å². The predicted octanol–water partition coefficient (Wildman–Crippen LogP) is 2.99. The van der Waals surface area contributed by atoms with Crippen molar-refractivity contribution in [2.75, 3.05) is 25.3 Å². The largest absolute Gasteiger partial charge is 0.382 e. The molecule has 1 unspecified atom stereocenters. The third-order valence-electron chi connectivity index (χ3n) is 3.48. The van der Waals surface area contributed by atoms with Crippen LogP contribution in [0.2, 0.25) is 0 Å². The maximum atomic E-state index is 5.56. The Kier molecular flexibility index (Phi) is 5.02. The molecule has 1 atom stereocenters. The fraction of sp³-hybridized carbons (Fsp3) is 0.600. The summed E-state index contributed by atoms with van der Waals surface area (Å²) in [7, 11) is 0. The van der Waals surface area contributed by atoms with Crippen molar-refractivity contribution in [3.05, 3.63) is 29.3 Å². The first-order chi connectivity index (χ1) is 8.85. The van der Waals surface area contributed by atoms with Gasteiger partial charge in [-0.05, 0) is 30.4 Å². The molecule has 1 saturated heterocycles. The van der Waals surface area contributed by atoms with Crippen LogP contribution in [0.25, 0.3) is 0 Å². The SMILES string of the molecule is CCc1cccc(CC)c1NCC1CCOCO1. The minimum atomic E-state index is 0.272. The van der Waals surface area contributed by atoms with Gasteiger partial charge in [-0.2, -0.15) is 0 Å². The number of rotatable bonds is 5. The zero-order chi connectivity index (χ0) is 12.8. The smallest absolute Gasteiger partial charge is 0.147 e. The molecule has 1 heterocycles. The Labute approximate surface area is 109 Å². The molecule has 1 aliphatic rings. The monoisotopic (exact) mass is 249 g/mol. The van der Waals surface area contributed by atoms with Crippen LogP contribution < -0.4 is 5.32 Å². The van der Waals surface area contributed by atoms with E-state index in [-0.39, 0.29) is 6.10 Å². The molecule has 0 saturated carbocycles. The lowest BCUT2D eigenvalue weighted by molar-refractivity contribution is -0.133. The second kappa shape index (κ2) is 6.76. The summed E-state index contributed by atoms with van der Waals surface area (Å²) in [6.45, 7) is 6.51. The molecule has 2 rings (SSSR count). The molecule has 100 valence electrons. The van der Waals surface area contributed by atoms with E-state index in [4.69, 9.17) is 9.47 Å². The van der Waals surface area contributed by atoms with Gasteiger partial charge < -0.3 is 14.8 Å². The standard InChI is InChI=1S/C15H23NO2/c1-3-12-6-5-7-13(4-2)15(12)16-10-14-8-9-17-11-18-14/h5-7,14,16H,3-4,8-11H2,1-2H3. The number of nitrogens with one attached hydrogen (secondary N) is 1. The number of anilines is 1. The van der Waals surface area contributed by atoms with Gasteiger partial charge in [-0.3, -0.25) is 0 Å². The van der Waals surface area contributed by atoms with Crippen LogP contribution in [-0.2, 0) is 22.3 Å². The minimum absolute atomic E-state index is 0.272. The number of hydrogen-bond donors (Lipinski definition) is 1. The first kappa shape index (κ1) is 13.4. The Balaban J connectivity index is 2.02. The molecule has 3 heteroatoms. The summed E-state index contributed by atoms with van der Waals surface area (Å²) < 4.78 is 10.8. The summed E-state index contributed by atoms with van der Waals surface area (Å²) in [5.41, 5.74) is 4.08. The third kappa shape index (κ3) is 3.24. The third-order valence-corrected chi connectivity index (χ3v) is 3.48. The summed E-state index contributed by atoms with van der Waals surface area (Å²) in [6, 6.07) is 6.55. The molecule has 1 N–H and O–H groups in total. The highest BCUT2D eigenvalue weighted by Crippen LogP contribution is 2.23. The fourth-order valence-corrected chi connectivity index (χ4v) is 2.35. The highest BCUT2D eigenvalue weighted by molar-refractivity contribution is 5.58. The van der Waals surface area contributed by atoms with Crippen LogP contribution in [0, 0.1) is 0 Å². The first-order valence-corrected chi connectivity index (χ1v) is 6.89.